The highest BCUT2D eigenvalue weighted by molar-refractivity contribution is 7.07. The van der Waals surface area contributed by atoms with E-state index in [1.54, 1.807) is 23.5 Å². The monoisotopic (exact) mass is 413 g/mol. The van der Waals surface area contributed by atoms with Crippen LogP contribution in [0.1, 0.15) is 18.1 Å². The van der Waals surface area contributed by atoms with E-state index in [4.69, 9.17) is 0 Å². The van der Waals surface area contributed by atoms with Crippen LogP contribution in [0.15, 0.2) is 50.7 Å². The molecule has 3 aromatic rings. The van der Waals surface area contributed by atoms with Gasteiger partial charge in [0.1, 0.15) is 17.1 Å². The number of nitrogens with zero attached hydrogens (tertiary/aromatic N) is 1. The first-order valence-corrected chi connectivity index (χ1v) is 10.6. The van der Waals surface area contributed by atoms with Gasteiger partial charge >= 0.3 is 0 Å². The lowest BCUT2D eigenvalue weighted by Gasteiger charge is -2.26. The molecule has 154 valence electrons. The maximum absolute atomic E-state index is 12.1. The molecule has 1 heterocycles. The number of phenols is 1. The smallest absolute Gasteiger partial charge is 0.253 e. The van der Waals surface area contributed by atoms with Crippen molar-refractivity contribution in [3.8, 4) is 5.75 Å². The van der Waals surface area contributed by atoms with Gasteiger partial charge in [-0.25, -0.2) is 0 Å². The summed E-state index contributed by atoms with van der Waals surface area (Å²) >= 11 is 1.65. The van der Waals surface area contributed by atoms with Crippen molar-refractivity contribution in [3.05, 3.63) is 72.7 Å². The van der Waals surface area contributed by atoms with Crippen LogP contribution in [-0.2, 0) is 12.8 Å². The molecule has 0 bridgehead atoms. The predicted octanol–water partition coefficient (Wildman–Crippen LogP) is 2.68. The first kappa shape index (κ1) is 21.1. The zero-order valence-corrected chi connectivity index (χ0v) is 17.8. The summed E-state index contributed by atoms with van der Waals surface area (Å²) in [6, 6.07) is 9.36. The number of nitrogens with one attached hydrogen (secondary N) is 2. The lowest BCUT2D eigenvalue weighted by atomic mass is 10.0. The van der Waals surface area contributed by atoms with E-state index in [2.05, 4.69) is 27.0 Å². The molecule has 0 amide bonds. The Hall–Kier alpha value is -2.64. The third-order valence-electron chi connectivity index (χ3n) is 5.08. The average molecular weight is 414 g/mol. The van der Waals surface area contributed by atoms with Gasteiger partial charge in [0.2, 0.25) is 0 Å². The molecule has 3 rings (SSSR count). The minimum Gasteiger partial charge on any atom is -0.508 e. The van der Waals surface area contributed by atoms with E-state index in [0.717, 1.165) is 18.4 Å². The molecule has 2 unspecified atom stereocenters. The van der Waals surface area contributed by atoms with E-state index in [1.807, 2.05) is 38.5 Å². The normalized spacial score (nSPS) is 13.5. The Kier molecular flexibility index (Phi) is 6.71. The largest absolute Gasteiger partial charge is 0.508 e. The Balaban J connectivity index is 1.63. The molecule has 0 aliphatic carbocycles. The first-order chi connectivity index (χ1) is 13.8. The predicted molar refractivity (Wildman–Crippen MR) is 120 cm³/mol. The molecule has 7 heteroatoms. The van der Waals surface area contributed by atoms with Crippen LogP contribution in [0, 0.1) is 0 Å². The second kappa shape index (κ2) is 9.24. The van der Waals surface area contributed by atoms with Gasteiger partial charge in [-0.05, 0) is 73.9 Å². The second-order valence-corrected chi connectivity index (χ2v) is 8.44. The number of anilines is 2. The zero-order chi connectivity index (χ0) is 21.0. The number of likely N-dealkylation sites (N-methyl/N-ethyl adjacent to an activating group) is 1. The van der Waals surface area contributed by atoms with E-state index >= 15 is 0 Å². The van der Waals surface area contributed by atoms with Crippen LogP contribution < -0.4 is 21.5 Å². The molecule has 0 radical (unpaired) electrons. The summed E-state index contributed by atoms with van der Waals surface area (Å²) in [5, 5.41) is 20.0. The molecule has 3 N–H and O–H groups in total. The molecular weight excluding hydrogens is 386 g/mol. The molecule has 2 aromatic carbocycles. The lowest BCUT2D eigenvalue weighted by molar-refractivity contribution is 0.303. The van der Waals surface area contributed by atoms with Crippen molar-refractivity contribution in [1.29, 1.82) is 0 Å². The Bertz CT molecular complexity index is 990. The summed E-state index contributed by atoms with van der Waals surface area (Å²) in [5.74, 6) is 0.240. The average Bonchev–Trinajstić information content (AvgIpc) is 3.20. The topological polar surface area (TPSA) is 81.7 Å². The van der Waals surface area contributed by atoms with Gasteiger partial charge in [-0.2, -0.15) is 11.3 Å². The summed E-state index contributed by atoms with van der Waals surface area (Å²) in [7, 11) is 3.97. The minimum absolute atomic E-state index is 0.0510. The van der Waals surface area contributed by atoms with Crippen molar-refractivity contribution in [3.63, 3.8) is 0 Å². The highest BCUT2D eigenvalue weighted by Gasteiger charge is 2.23. The Morgan fingerprint density at radius 1 is 1.00 bits per heavy atom. The highest BCUT2D eigenvalue weighted by Crippen LogP contribution is 2.19. The summed E-state index contributed by atoms with van der Waals surface area (Å²) in [6.45, 7) is 2.54. The molecule has 0 spiro atoms. The second-order valence-electron chi connectivity index (χ2n) is 7.66. The van der Waals surface area contributed by atoms with Crippen LogP contribution in [0.4, 0.5) is 11.4 Å². The zero-order valence-electron chi connectivity index (χ0n) is 16.9. The Morgan fingerprint density at radius 2 is 1.69 bits per heavy atom. The number of benzene rings is 1. The standard InChI is InChI=1S/C22H27N3O3S/c1-14(10-16-8-9-29-13-16)24-20-19(21(27)22(20)28)23-12-17(25(2)3)11-15-4-6-18(26)7-5-15/h4-9,13-14,17,23-24,26H,10-12H2,1-3H3. The maximum atomic E-state index is 12.1. The number of thiophene rings is 1. The number of hydrogen-bond donors (Lipinski definition) is 3. The quantitative estimate of drug-likeness (QED) is 0.444. The molecule has 29 heavy (non-hydrogen) atoms. The third-order valence-corrected chi connectivity index (χ3v) is 5.81. The molecule has 0 aliphatic heterocycles. The SMILES string of the molecule is CC(Cc1ccsc1)Nc1c(NCC(Cc2ccc(O)cc2)N(C)C)c(=O)c1=O. The molecule has 0 saturated carbocycles. The van der Waals surface area contributed by atoms with Gasteiger partial charge in [-0.1, -0.05) is 12.1 Å². The fourth-order valence-corrected chi connectivity index (χ4v) is 4.00. The number of hydrogen-bond acceptors (Lipinski definition) is 7. The summed E-state index contributed by atoms with van der Waals surface area (Å²) in [6.07, 6.45) is 1.55. The van der Waals surface area contributed by atoms with Gasteiger partial charge in [0.15, 0.2) is 0 Å². The summed E-state index contributed by atoms with van der Waals surface area (Å²) < 4.78 is 0. The van der Waals surface area contributed by atoms with E-state index in [9.17, 15) is 14.7 Å². The fraction of sp³-hybridized carbons (Fsp3) is 0.364. The van der Waals surface area contributed by atoms with E-state index in [-0.39, 0.29) is 17.8 Å². The fourth-order valence-electron chi connectivity index (χ4n) is 3.32. The Morgan fingerprint density at radius 3 is 2.31 bits per heavy atom. The number of rotatable bonds is 10. The van der Waals surface area contributed by atoms with E-state index in [1.165, 1.54) is 5.56 Å². The Labute approximate surface area is 174 Å². The third kappa shape index (κ3) is 5.25. The van der Waals surface area contributed by atoms with Crippen LogP contribution in [0.2, 0.25) is 0 Å². The van der Waals surface area contributed by atoms with Crippen molar-refractivity contribution in [2.75, 3.05) is 31.3 Å². The van der Waals surface area contributed by atoms with Crippen LogP contribution in [0.5, 0.6) is 5.75 Å². The molecule has 0 fully saturated rings. The van der Waals surface area contributed by atoms with Gasteiger partial charge in [0.05, 0.1) is 0 Å². The van der Waals surface area contributed by atoms with Crippen molar-refractivity contribution >= 4 is 22.7 Å². The molecular formula is C22H27N3O3S. The van der Waals surface area contributed by atoms with Crippen LogP contribution in [0.25, 0.3) is 0 Å². The molecule has 6 nitrogen and oxygen atoms in total. The minimum atomic E-state index is -0.461. The molecule has 2 atom stereocenters. The van der Waals surface area contributed by atoms with Crippen molar-refractivity contribution in [2.24, 2.45) is 0 Å². The van der Waals surface area contributed by atoms with Crippen LogP contribution in [-0.4, -0.2) is 42.7 Å². The van der Waals surface area contributed by atoms with E-state index < -0.39 is 10.9 Å². The van der Waals surface area contributed by atoms with Gasteiger partial charge in [-0.3, -0.25) is 9.59 Å². The van der Waals surface area contributed by atoms with Gasteiger partial charge < -0.3 is 20.6 Å². The molecule has 0 saturated heterocycles. The summed E-state index contributed by atoms with van der Waals surface area (Å²) in [4.78, 5) is 26.2. The van der Waals surface area contributed by atoms with Crippen molar-refractivity contribution in [1.82, 2.24) is 4.90 Å². The van der Waals surface area contributed by atoms with Crippen molar-refractivity contribution < 1.29 is 5.11 Å². The summed E-state index contributed by atoms with van der Waals surface area (Å²) in [5.41, 5.74) is 2.16. The maximum Gasteiger partial charge on any atom is 0.253 e. The van der Waals surface area contributed by atoms with Gasteiger partial charge in [0.25, 0.3) is 10.9 Å². The first-order valence-electron chi connectivity index (χ1n) is 9.64. The van der Waals surface area contributed by atoms with Gasteiger partial charge in [0, 0.05) is 18.6 Å². The lowest BCUT2D eigenvalue weighted by Crippen LogP contribution is -2.43. The number of aromatic hydroxyl groups is 1. The molecule has 1 aromatic heterocycles. The van der Waals surface area contributed by atoms with Gasteiger partial charge in [-0.15, -0.1) is 0 Å². The number of phenolic OH excluding ortho intramolecular Hbond substituents is 1. The highest BCUT2D eigenvalue weighted by atomic mass is 32.1. The molecule has 0 aliphatic rings. The van der Waals surface area contributed by atoms with Crippen LogP contribution >= 0.6 is 11.3 Å². The van der Waals surface area contributed by atoms with Crippen molar-refractivity contribution in [2.45, 2.75) is 31.8 Å². The van der Waals surface area contributed by atoms with E-state index in [0.29, 0.717) is 17.9 Å². The van der Waals surface area contributed by atoms with Crippen LogP contribution in [0.3, 0.4) is 0 Å².